The molecule has 166 valence electrons. The van der Waals surface area contributed by atoms with Crippen molar-refractivity contribution in [2.45, 2.75) is 19.8 Å². The molecule has 0 radical (unpaired) electrons. The number of hydrogen-bond acceptors (Lipinski definition) is 5. The molecule has 1 heterocycles. The summed E-state index contributed by atoms with van der Waals surface area (Å²) in [5.74, 6) is -0.432. The lowest BCUT2D eigenvalue weighted by Gasteiger charge is -2.26. The molecule has 8 heteroatoms. The number of urea groups is 1. The number of halogens is 1. The van der Waals surface area contributed by atoms with Crippen LogP contribution < -0.4 is 19.7 Å². The fourth-order valence-corrected chi connectivity index (χ4v) is 3.20. The highest BCUT2D eigenvalue weighted by Crippen LogP contribution is 2.28. The highest BCUT2D eigenvalue weighted by atomic mass is 35.5. The Balaban J connectivity index is 1.83. The average Bonchev–Trinajstić information content (AvgIpc) is 2.77. The minimum Gasteiger partial charge on any atom is -0.494 e. The number of barbiturate groups is 1. The monoisotopic (exact) mass is 454 g/mol. The van der Waals surface area contributed by atoms with Gasteiger partial charge in [-0.2, -0.15) is 0 Å². The van der Waals surface area contributed by atoms with Crippen molar-refractivity contribution in [1.82, 2.24) is 5.32 Å². The first-order chi connectivity index (χ1) is 15.4. The van der Waals surface area contributed by atoms with E-state index in [9.17, 15) is 14.4 Å². The number of unbranched alkanes of at least 4 members (excludes halogenated alkanes) is 1. The van der Waals surface area contributed by atoms with E-state index in [0.717, 1.165) is 17.7 Å². The van der Waals surface area contributed by atoms with Crippen molar-refractivity contribution in [1.29, 1.82) is 0 Å². The maximum atomic E-state index is 13.0. The van der Waals surface area contributed by atoms with Gasteiger partial charge in [-0.3, -0.25) is 14.9 Å². The van der Waals surface area contributed by atoms with Crippen LogP contribution in [0.15, 0.2) is 60.7 Å². The second-order valence-corrected chi connectivity index (χ2v) is 7.35. The van der Waals surface area contributed by atoms with E-state index in [0.29, 0.717) is 41.0 Å². The van der Waals surface area contributed by atoms with Crippen molar-refractivity contribution in [3.8, 4) is 11.5 Å². The number of ether oxygens (including phenoxy) is 2. The van der Waals surface area contributed by atoms with E-state index in [1.54, 1.807) is 48.5 Å². The molecule has 0 bridgehead atoms. The van der Waals surface area contributed by atoms with Crippen LogP contribution in [-0.2, 0) is 9.59 Å². The second-order valence-electron chi connectivity index (χ2n) is 6.94. The average molecular weight is 455 g/mol. The minimum absolute atomic E-state index is 0.191. The molecule has 0 saturated carbocycles. The van der Waals surface area contributed by atoms with Gasteiger partial charge in [-0.15, -0.1) is 0 Å². The normalized spacial score (nSPS) is 15.0. The summed E-state index contributed by atoms with van der Waals surface area (Å²) >= 11 is 6.21. The third-order valence-electron chi connectivity index (χ3n) is 4.59. The topological polar surface area (TPSA) is 84.9 Å². The highest BCUT2D eigenvalue weighted by molar-refractivity contribution is 6.39. The maximum Gasteiger partial charge on any atom is 0.335 e. The van der Waals surface area contributed by atoms with Gasteiger partial charge in [0.05, 0.1) is 17.3 Å². The predicted molar refractivity (Wildman–Crippen MR) is 123 cm³/mol. The highest BCUT2D eigenvalue weighted by Gasteiger charge is 2.36. The molecule has 0 aromatic heterocycles. The molecule has 32 heavy (non-hydrogen) atoms. The van der Waals surface area contributed by atoms with Crippen molar-refractivity contribution in [3.63, 3.8) is 0 Å². The van der Waals surface area contributed by atoms with Crippen LogP contribution in [0.4, 0.5) is 10.5 Å². The van der Waals surface area contributed by atoms with E-state index in [1.807, 2.05) is 0 Å². The van der Waals surface area contributed by atoms with E-state index >= 15 is 0 Å². The number of carbonyl (C=O) groups excluding carboxylic acids is 3. The van der Waals surface area contributed by atoms with Gasteiger partial charge in [0, 0.05) is 0 Å². The molecule has 0 unspecified atom stereocenters. The lowest BCUT2D eigenvalue weighted by molar-refractivity contribution is -0.122. The van der Waals surface area contributed by atoms with Gasteiger partial charge in [0.15, 0.2) is 0 Å². The number of anilines is 1. The Morgan fingerprint density at radius 2 is 1.84 bits per heavy atom. The summed E-state index contributed by atoms with van der Waals surface area (Å²) in [5, 5.41) is 2.51. The summed E-state index contributed by atoms with van der Waals surface area (Å²) in [6.45, 7) is 6.52. The first kappa shape index (κ1) is 23.1. The molecule has 1 N–H and O–H groups in total. The van der Waals surface area contributed by atoms with Crippen LogP contribution in [0.3, 0.4) is 0 Å². The zero-order valence-electron chi connectivity index (χ0n) is 17.6. The Morgan fingerprint density at radius 1 is 1.09 bits per heavy atom. The summed E-state index contributed by atoms with van der Waals surface area (Å²) in [6, 6.07) is 10.6. The van der Waals surface area contributed by atoms with E-state index < -0.39 is 17.8 Å². The molecule has 1 aliphatic heterocycles. The molecule has 0 spiro atoms. The Bertz CT molecular complexity index is 1060. The molecule has 2 aromatic carbocycles. The van der Waals surface area contributed by atoms with Crippen LogP contribution in [0.2, 0.25) is 5.02 Å². The summed E-state index contributed by atoms with van der Waals surface area (Å²) in [5.41, 5.74) is 0.636. The van der Waals surface area contributed by atoms with Gasteiger partial charge in [-0.25, -0.2) is 9.69 Å². The summed E-state index contributed by atoms with van der Waals surface area (Å²) in [6.07, 6.45) is 4.91. The molecule has 3 rings (SSSR count). The Kier molecular flexibility index (Phi) is 7.68. The van der Waals surface area contributed by atoms with Gasteiger partial charge >= 0.3 is 6.03 Å². The smallest absolute Gasteiger partial charge is 0.335 e. The minimum atomic E-state index is -0.817. The van der Waals surface area contributed by atoms with Crippen molar-refractivity contribution < 1.29 is 23.9 Å². The molecular weight excluding hydrogens is 432 g/mol. The van der Waals surface area contributed by atoms with Crippen LogP contribution in [0.5, 0.6) is 11.5 Å². The van der Waals surface area contributed by atoms with Gasteiger partial charge in [-0.05, 0) is 54.5 Å². The van der Waals surface area contributed by atoms with E-state index in [4.69, 9.17) is 21.1 Å². The first-order valence-corrected chi connectivity index (χ1v) is 10.5. The largest absolute Gasteiger partial charge is 0.494 e. The third kappa shape index (κ3) is 5.36. The number of imide groups is 2. The molecule has 2 aromatic rings. The number of rotatable bonds is 9. The van der Waals surface area contributed by atoms with Gasteiger partial charge in [0.25, 0.3) is 11.8 Å². The van der Waals surface area contributed by atoms with Crippen molar-refractivity contribution in [2.75, 3.05) is 18.1 Å². The quantitative estimate of drug-likeness (QED) is 0.256. The lowest BCUT2D eigenvalue weighted by Crippen LogP contribution is -2.54. The Morgan fingerprint density at radius 3 is 2.50 bits per heavy atom. The number of amides is 4. The molecule has 0 aliphatic carbocycles. The summed E-state index contributed by atoms with van der Waals surface area (Å²) < 4.78 is 11.0. The molecule has 7 nitrogen and oxygen atoms in total. The lowest BCUT2D eigenvalue weighted by atomic mass is 10.1. The first-order valence-electron chi connectivity index (χ1n) is 10.1. The van der Waals surface area contributed by atoms with Gasteiger partial charge in [0.1, 0.15) is 23.7 Å². The van der Waals surface area contributed by atoms with Crippen LogP contribution in [0.1, 0.15) is 25.3 Å². The molecular formula is C24H23ClN2O5. The summed E-state index contributed by atoms with van der Waals surface area (Å²) in [7, 11) is 0. The number of nitrogens with one attached hydrogen (secondary N) is 1. The third-order valence-corrected chi connectivity index (χ3v) is 4.88. The zero-order chi connectivity index (χ0) is 23.1. The zero-order valence-corrected chi connectivity index (χ0v) is 18.4. The van der Waals surface area contributed by atoms with Crippen LogP contribution in [-0.4, -0.2) is 31.1 Å². The van der Waals surface area contributed by atoms with Crippen LogP contribution in [0.25, 0.3) is 6.08 Å². The van der Waals surface area contributed by atoms with E-state index in [2.05, 4.69) is 18.8 Å². The van der Waals surface area contributed by atoms with Crippen molar-refractivity contribution in [3.05, 3.63) is 71.3 Å². The number of benzene rings is 2. The Hall–Kier alpha value is -3.58. The predicted octanol–water partition coefficient (Wildman–Crippen LogP) is 4.75. The van der Waals surface area contributed by atoms with E-state index in [1.165, 1.54) is 6.08 Å². The molecule has 1 aliphatic rings. The SMILES string of the molecule is C=CCOc1ccc(/C=C2/C(=O)NC(=O)N(c3ccc(OCCCC)cc3)C2=O)cc1Cl. The standard InChI is InChI=1S/C24H23ClN2O5/c1-3-5-13-31-18-9-7-17(8-10-18)27-23(29)19(22(28)26-24(27)30)14-16-6-11-21(20(25)15-16)32-12-4-2/h4,6-11,14-15H,2-3,5,12-13H2,1H3,(H,26,28,30)/b19-14-. The van der Waals surface area contributed by atoms with Crippen molar-refractivity contribution >= 4 is 41.2 Å². The molecule has 0 atom stereocenters. The van der Waals surface area contributed by atoms with Crippen LogP contribution in [0, 0.1) is 0 Å². The summed E-state index contributed by atoms with van der Waals surface area (Å²) in [4.78, 5) is 38.7. The Labute approximate surface area is 191 Å². The number of hydrogen-bond donors (Lipinski definition) is 1. The van der Waals surface area contributed by atoms with Gasteiger partial charge in [-0.1, -0.05) is 43.7 Å². The number of nitrogens with zero attached hydrogens (tertiary/aromatic N) is 1. The fourth-order valence-electron chi connectivity index (χ4n) is 2.96. The van der Waals surface area contributed by atoms with Gasteiger partial charge < -0.3 is 9.47 Å². The van der Waals surface area contributed by atoms with Gasteiger partial charge in [0.2, 0.25) is 0 Å². The second kappa shape index (κ2) is 10.6. The fraction of sp³-hybridized carbons (Fsp3) is 0.208. The van der Waals surface area contributed by atoms with E-state index in [-0.39, 0.29) is 5.57 Å². The molecule has 4 amide bonds. The maximum absolute atomic E-state index is 13.0. The molecule has 1 saturated heterocycles. The van der Waals surface area contributed by atoms with Crippen LogP contribution >= 0.6 is 11.6 Å². The van der Waals surface area contributed by atoms with Crippen molar-refractivity contribution in [2.24, 2.45) is 0 Å². The molecule has 1 fully saturated rings. The number of carbonyl (C=O) groups is 3.